The average molecular weight is 329 g/mol. The highest BCUT2D eigenvalue weighted by atomic mass is 28.4. The smallest absolute Gasteiger partial charge is 0.0509 e. The van der Waals surface area contributed by atoms with Gasteiger partial charge in [-0.25, -0.2) is 0 Å². The zero-order valence-electron chi connectivity index (χ0n) is 16.2. The molecule has 0 aromatic heterocycles. The third-order valence-electron chi connectivity index (χ3n) is 5.43. The van der Waals surface area contributed by atoms with Crippen molar-refractivity contribution >= 4 is 16.1 Å². The molecule has 2 heteroatoms. The molecule has 0 heterocycles. The van der Waals surface area contributed by atoms with Gasteiger partial charge in [0.2, 0.25) is 0 Å². The Bertz CT molecular complexity index is 180. The minimum Gasteiger partial charge on any atom is -0.0657 e. The van der Waals surface area contributed by atoms with Gasteiger partial charge in [0.15, 0.2) is 0 Å². The predicted octanol–water partition coefficient (Wildman–Crippen LogP) is 7.88. The van der Waals surface area contributed by atoms with Gasteiger partial charge in [-0.15, -0.1) is 0 Å². The summed E-state index contributed by atoms with van der Waals surface area (Å²) >= 11 is 0. The van der Waals surface area contributed by atoms with Gasteiger partial charge in [-0.1, -0.05) is 122 Å². The number of rotatable bonds is 14. The van der Waals surface area contributed by atoms with Crippen molar-refractivity contribution in [1.82, 2.24) is 0 Å². The summed E-state index contributed by atoms with van der Waals surface area (Å²) < 4.78 is 0. The van der Waals surface area contributed by atoms with E-state index >= 15 is 0 Å². The number of hydrogen-bond acceptors (Lipinski definition) is 0. The van der Waals surface area contributed by atoms with Crippen molar-refractivity contribution < 1.29 is 0 Å². The molecule has 0 aliphatic rings. The number of hydrogen-bond donors (Lipinski definition) is 0. The van der Waals surface area contributed by atoms with Crippen LogP contribution in [0, 0.1) is 0 Å². The molecule has 0 atom stereocenters. The Morgan fingerprint density at radius 1 is 0.381 bits per heavy atom. The molecule has 0 rings (SSSR count). The van der Waals surface area contributed by atoms with Gasteiger partial charge in [0, 0.05) is 0 Å². The molecule has 21 heavy (non-hydrogen) atoms. The van der Waals surface area contributed by atoms with Crippen molar-refractivity contribution in [2.45, 2.75) is 122 Å². The van der Waals surface area contributed by atoms with E-state index in [9.17, 15) is 0 Å². The first-order valence-electron chi connectivity index (χ1n) is 10.1. The van der Waals surface area contributed by atoms with Gasteiger partial charge in [0.1, 0.15) is 0 Å². The van der Waals surface area contributed by atoms with Crippen LogP contribution in [0.15, 0.2) is 0 Å². The van der Waals surface area contributed by atoms with E-state index < -0.39 is 16.1 Å². The molecule has 0 aliphatic carbocycles. The van der Waals surface area contributed by atoms with Crippen molar-refractivity contribution in [2.75, 3.05) is 0 Å². The average Bonchev–Trinajstić information content (AvgIpc) is 2.40. The molecule has 0 nitrogen and oxygen atoms in total. The SMILES string of the molecule is CCC[Si](CCC)(CCC)C[Si](CCC)(CCC)CCC. The quantitative estimate of drug-likeness (QED) is 0.284. The van der Waals surface area contributed by atoms with E-state index in [1.165, 1.54) is 38.5 Å². The third-order valence-corrected chi connectivity index (χ3v) is 20.8. The van der Waals surface area contributed by atoms with Crippen LogP contribution in [-0.2, 0) is 0 Å². The lowest BCUT2D eigenvalue weighted by Gasteiger charge is -2.42. The van der Waals surface area contributed by atoms with Gasteiger partial charge < -0.3 is 0 Å². The van der Waals surface area contributed by atoms with Gasteiger partial charge in [0.25, 0.3) is 0 Å². The Kier molecular flexibility index (Phi) is 12.2. The van der Waals surface area contributed by atoms with Crippen molar-refractivity contribution in [3.8, 4) is 0 Å². The molecular formula is C19H44Si2. The molecule has 0 aliphatic heterocycles. The van der Waals surface area contributed by atoms with Crippen molar-refractivity contribution in [3.05, 3.63) is 0 Å². The van der Waals surface area contributed by atoms with Crippen LogP contribution in [0.4, 0.5) is 0 Å². The van der Waals surface area contributed by atoms with Gasteiger partial charge >= 0.3 is 0 Å². The molecule has 0 aromatic carbocycles. The summed E-state index contributed by atoms with van der Waals surface area (Å²) in [5.74, 6) is 0. The van der Waals surface area contributed by atoms with Crippen molar-refractivity contribution in [2.24, 2.45) is 0 Å². The first-order valence-corrected chi connectivity index (χ1v) is 15.7. The molecule has 0 radical (unpaired) electrons. The fourth-order valence-corrected chi connectivity index (χ4v) is 23.7. The standard InChI is InChI=1S/C19H44Si2/c1-7-13-20(14-8-2,15-9-3)19-21(16-10-4,17-11-5)18-12-6/h7-19H2,1-6H3. The maximum atomic E-state index is 2.44. The van der Waals surface area contributed by atoms with Crippen LogP contribution in [0.3, 0.4) is 0 Å². The predicted molar refractivity (Wildman–Crippen MR) is 107 cm³/mol. The zero-order valence-corrected chi connectivity index (χ0v) is 18.2. The van der Waals surface area contributed by atoms with E-state index in [0.717, 1.165) is 0 Å². The van der Waals surface area contributed by atoms with Gasteiger partial charge in [-0.3, -0.25) is 0 Å². The molecule has 0 N–H and O–H groups in total. The lowest BCUT2D eigenvalue weighted by molar-refractivity contribution is 0.890. The van der Waals surface area contributed by atoms with E-state index in [1.54, 1.807) is 41.9 Å². The summed E-state index contributed by atoms with van der Waals surface area (Å²) in [5, 5.41) is 0. The normalized spacial score (nSPS) is 12.9. The molecule has 0 aromatic rings. The molecule has 0 fully saturated rings. The topological polar surface area (TPSA) is 0 Å². The second-order valence-electron chi connectivity index (χ2n) is 7.68. The van der Waals surface area contributed by atoms with Crippen LogP contribution < -0.4 is 0 Å². The summed E-state index contributed by atoms with van der Waals surface area (Å²) in [6.45, 7) is 14.6. The van der Waals surface area contributed by atoms with Crippen LogP contribution in [0.5, 0.6) is 0 Å². The summed E-state index contributed by atoms with van der Waals surface area (Å²) in [6.07, 6.45) is 8.67. The summed E-state index contributed by atoms with van der Waals surface area (Å²) in [7, 11) is -1.96. The first-order chi connectivity index (χ1) is 10.1. The van der Waals surface area contributed by atoms with E-state index in [2.05, 4.69) is 41.5 Å². The highest BCUT2D eigenvalue weighted by molar-refractivity contribution is 6.97. The molecule has 0 bridgehead atoms. The van der Waals surface area contributed by atoms with Crippen LogP contribution in [0.25, 0.3) is 0 Å². The highest BCUT2D eigenvalue weighted by Gasteiger charge is 2.40. The van der Waals surface area contributed by atoms with Gasteiger partial charge in [-0.05, 0) is 0 Å². The van der Waals surface area contributed by atoms with Crippen LogP contribution in [-0.4, -0.2) is 16.1 Å². The van der Waals surface area contributed by atoms with Crippen molar-refractivity contribution in [1.29, 1.82) is 0 Å². The van der Waals surface area contributed by atoms with Crippen LogP contribution in [0.2, 0.25) is 41.9 Å². The van der Waals surface area contributed by atoms with E-state index in [0.29, 0.717) is 0 Å². The third kappa shape index (κ3) is 7.50. The molecule has 0 saturated carbocycles. The lowest BCUT2D eigenvalue weighted by atomic mass is 10.5. The molecule has 0 spiro atoms. The van der Waals surface area contributed by atoms with E-state index in [1.807, 2.05) is 0 Å². The highest BCUT2D eigenvalue weighted by Crippen LogP contribution is 2.40. The van der Waals surface area contributed by atoms with Gasteiger partial charge in [-0.2, -0.15) is 0 Å². The van der Waals surface area contributed by atoms with E-state index in [4.69, 9.17) is 0 Å². The van der Waals surface area contributed by atoms with Gasteiger partial charge in [0.05, 0.1) is 16.1 Å². The minimum absolute atomic E-state index is 0.981. The maximum Gasteiger partial charge on any atom is 0.0509 e. The molecular weight excluding hydrogens is 284 g/mol. The Morgan fingerprint density at radius 3 is 0.714 bits per heavy atom. The monoisotopic (exact) mass is 328 g/mol. The lowest BCUT2D eigenvalue weighted by Crippen LogP contribution is -2.47. The molecule has 0 saturated heterocycles. The van der Waals surface area contributed by atoms with Crippen LogP contribution >= 0.6 is 0 Å². The zero-order chi connectivity index (χ0) is 16.2. The maximum absolute atomic E-state index is 2.44. The Morgan fingerprint density at radius 2 is 0.571 bits per heavy atom. The summed E-state index contributed by atoms with van der Waals surface area (Å²) in [6, 6.07) is 9.75. The Hall–Kier alpha value is 0.434. The van der Waals surface area contributed by atoms with E-state index in [-0.39, 0.29) is 0 Å². The second-order valence-corrected chi connectivity index (χ2v) is 18.1. The molecule has 0 amide bonds. The largest absolute Gasteiger partial charge is 0.0657 e. The summed E-state index contributed by atoms with van der Waals surface area (Å²) in [4.78, 5) is 0. The Labute approximate surface area is 138 Å². The first kappa shape index (κ1) is 21.4. The van der Waals surface area contributed by atoms with Crippen LogP contribution in [0.1, 0.15) is 80.1 Å². The summed E-state index contributed by atoms with van der Waals surface area (Å²) in [5.41, 5.74) is 1.78. The fraction of sp³-hybridized carbons (Fsp3) is 1.00. The minimum atomic E-state index is -0.981. The fourth-order valence-electron chi connectivity index (χ4n) is 5.26. The van der Waals surface area contributed by atoms with Crippen molar-refractivity contribution in [3.63, 3.8) is 0 Å². The molecule has 0 unspecified atom stereocenters. The Balaban J connectivity index is 5.30. The second kappa shape index (κ2) is 11.9. The molecule has 128 valence electrons.